The second kappa shape index (κ2) is 5.27. The normalized spacial score (nSPS) is 27.9. The number of nitrogens with zero attached hydrogens (tertiary/aromatic N) is 6. The highest BCUT2D eigenvalue weighted by atomic mass is 16.6. The Kier molecular flexibility index (Phi) is 3.42. The Morgan fingerprint density at radius 2 is 2.32 bits per heavy atom. The molecule has 0 bridgehead atoms. The first-order valence-electron chi connectivity index (χ1n) is 6.27. The molecule has 1 saturated heterocycles. The standard InChI is InChI=1S/C10H12N8O4/c11-10-15-7-4(8(21)16-10)13-2-18(7)9-6(20)5(19)3(22-9)1-14-17-12/h2-3,5-6,9,19-20H,1H2,(H3,11,15,16,21)/t3-,5?,6?,9-/m1/s1. The molecule has 2 aromatic rings. The number of aromatic amines is 1. The van der Waals surface area contributed by atoms with Crippen LogP contribution in [0.2, 0.25) is 0 Å². The largest absolute Gasteiger partial charge is 0.388 e. The van der Waals surface area contributed by atoms with Crippen molar-refractivity contribution in [3.05, 3.63) is 27.1 Å². The van der Waals surface area contributed by atoms with E-state index in [1.54, 1.807) is 0 Å². The van der Waals surface area contributed by atoms with Crippen molar-refractivity contribution in [3.63, 3.8) is 0 Å². The molecule has 12 heteroatoms. The number of nitrogens with one attached hydrogen (secondary N) is 1. The minimum atomic E-state index is -1.31. The lowest BCUT2D eigenvalue weighted by atomic mass is 10.1. The fraction of sp³-hybridized carbons (Fsp3) is 0.500. The van der Waals surface area contributed by atoms with Gasteiger partial charge in [0, 0.05) is 4.91 Å². The first-order chi connectivity index (χ1) is 10.5. The molecule has 0 spiro atoms. The number of nitrogen functional groups attached to an aromatic ring is 1. The fourth-order valence-electron chi connectivity index (χ4n) is 2.36. The summed E-state index contributed by atoms with van der Waals surface area (Å²) in [6.45, 7) is -0.145. The predicted molar refractivity (Wildman–Crippen MR) is 72.5 cm³/mol. The Labute approximate surface area is 121 Å². The van der Waals surface area contributed by atoms with Crippen LogP contribution in [0.4, 0.5) is 5.95 Å². The minimum absolute atomic E-state index is 0.0259. The van der Waals surface area contributed by atoms with Gasteiger partial charge in [0.25, 0.3) is 5.56 Å². The molecule has 1 aliphatic rings. The maximum absolute atomic E-state index is 11.7. The van der Waals surface area contributed by atoms with Gasteiger partial charge in [-0.1, -0.05) is 5.11 Å². The van der Waals surface area contributed by atoms with Crippen molar-refractivity contribution in [3.8, 4) is 0 Å². The van der Waals surface area contributed by atoms with E-state index in [1.807, 2.05) is 0 Å². The molecule has 0 saturated carbocycles. The number of anilines is 1. The number of aromatic nitrogens is 4. The Hall–Kier alpha value is -2.66. The maximum atomic E-state index is 11.7. The zero-order valence-electron chi connectivity index (χ0n) is 11.1. The van der Waals surface area contributed by atoms with Crippen LogP contribution in [0.15, 0.2) is 16.2 Å². The minimum Gasteiger partial charge on any atom is -0.388 e. The molecule has 1 aliphatic heterocycles. The molecule has 0 amide bonds. The number of fused-ring (bicyclic) bond motifs is 1. The van der Waals surface area contributed by atoms with Gasteiger partial charge in [0.2, 0.25) is 5.95 Å². The topological polar surface area (TPSA) is 188 Å². The van der Waals surface area contributed by atoms with E-state index in [4.69, 9.17) is 16.0 Å². The summed E-state index contributed by atoms with van der Waals surface area (Å²) in [5.41, 5.74) is 13.4. The average Bonchev–Trinajstić information content (AvgIpc) is 3.00. The Balaban J connectivity index is 2.01. The summed E-state index contributed by atoms with van der Waals surface area (Å²) >= 11 is 0. The smallest absolute Gasteiger partial charge is 0.280 e. The van der Waals surface area contributed by atoms with Gasteiger partial charge in [-0.25, -0.2) is 4.98 Å². The van der Waals surface area contributed by atoms with Crippen molar-refractivity contribution >= 4 is 17.1 Å². The molecule has 2 aromatic heterocycles. The summed E-state index contributed by atoms with van der Waals surface area (Å²) in [6, 6.07) is 0. The van der Waals surface area contributed by atoms with Gasteiger partial charge in [0.15, 0.2) is 17.4 Å². The van der Waals surface area contributed by atoms with E-state index in [0.717, 1.165) is 0 Å². The third-order valence-electron chi connectivity index (χ3n) is 3.39. The molecule has 0 aromatic carbocycles. The van der Waals surface area contributed by atoms with Crippen molar-refractivity contribution in [1.29, 1.82) is 0 Å². The number of ether oxygens (including phenoxy) is 1. The van der Waals surface area contributed by atoms with Crippen LogP contribution in [-0.2, 0) is 4.74 Å². The summed E-state index contributed by atoms with van der Waals surface area (Å²) in [5.74, 6) is -0.113. The van der Waals surface area contributed by atoms with E-state index in [9.17, 15) is 15.0 Å². The Morgan fingerprint density at radius 3 is 3.05 bits per heavy atom. The van der Waals surface area contributed by atoms with Crippen LogP contribution in [-0.4, -0.2) is 54.6 Å². The molecular weight excluding hydrogens is 296 g/mol. The number of hydrogen-bond acceptors (Lipinski definition) is 8. The molecule has 3 heterocycles. The zero-order chi connectivity index (χ0) is 15.9. The SMILES string of the molecule is [N-]=[N+]=NC[C@H]1O[C@@H](n2cnc3c(=O)[nH]c(N)nc32)C(O)C1O. The van der Waals surface area contributed by atoms with Crippen LogP contribution in [0.1, 0.15) is 6.23 Å². The molecule has 116 valence electrons. The van der Waals surface area contributed by atoms with Crippen LogP contribution in [0.5, 0.6) is 0 Å². The lowest BCUT2D eigenvalue weighted by Gasteiger charge is -2.16. The molecule has 0 aliphatic carbocycles. The molecule has 3 rings (SSSR count). The van der Waals surface area contributed by atoms with Gasteiger partial charge in [-0.05, 0) is 5.53 Å². The molecule has 0 radical (unpaired) electrons. The zero-order valence-corrected chi connectivity index (χ0v) is 11.1. The van der Waals surface area contributed by atoms with E-state index in [-0.39, 0.29) is 23.7 Å². The van der Waals surface area contributed by atoms with Crippen LogP contribution in [0.25, 0.3) is 21.6 Å². The van der Waals surface area contributed by atoms with Gasteiger partial charge < -0.3 is 20.7 Å². The molecule has 12 nitrogen and oxygen atoms in total. The maximum Gasteiger partial charge on any atom is 0.280 e. The van der Waals surface area contributed by atoms with Gasteiger partial charge >= 0.3 is 0 Å². The average molecular weight is 308 g/mol. The second-order valence-electron chi connectivity index (χ2n) is 4.73. The number of hydrogen-bond donors (Lipinski definition) is 4. The summed E-state index contributed by atoms with van der Waals surface area (Å²) in [6.07, 6.45) is -3.23. The molecule has 4 atom stereocenters. The number of aliphatic hydroxyl groups excluding tert-OH is 2. The van der Waals surface area contributed by atoms with Crippen LogP contribution < -0.4 is 11.3 Å². The van der Waals surface area contributed by atoms with Crippen molar-refractivity contribution < 1.29 is 14.9 Å². The van der Waals surface area contributed by atoms with Crippen molar-refractivity contribution in [2.75, 3.05) is 12.3 Å². The van der Waals surface area contributed by atoms with E-state index < -0.39 is 30.1 Å². The first kappa shape index (κ1) is 14.3. The molecule has 22 heavy (non-hydrogen) atoms. The van der Waals surface area contributed by atoms with Crippen molar-refractivity contribution in [1.82, 2.24) is 19.5 Å². The highest BCUT2D eigenvalue weighted by molar-refractivity contribution is 5.70. The molecular formula is C10H12N8O4. The van der Waals surface area contributed by atoms with E-state index in [0.29, 0.717) is 0 Å². The van der Waals surface area contributed by atoms with E-state index in [1.165, 1.54) is 10.9 Å². The van der Waals surface area contributed by atoms with E-state index in [2.05, 4.69) is 25.0 Å². The van der Waals surface area contributed by atoms with Gasteiger partial charge in [0.1, 0.15) is 12.2 Å². The van der Waals surface area contributed by atoms with Gasteiger partial charge in [0.05, 0.1) is 19.0 Å². The third kappa shape index (κ3) is 2.16. The summed E-state index contributed by atoms with van der Waals surface area (Å²) < 4.78 is 6.78. The monoisotopic (exact) mass is 308 g/mol. The third-order valence-corrected chi connectivity index (χ3v) is 3.39. The van der Waals surface area contributed by atoms with Crippen molar-refractivity contribution in [2.45, 2.75) is 24.5 Å². The summed E-state index contributed by atoms with van der Waals surface area (Å²) in [7, 11) is 0. The molecule has 1 fully saturated rings. The quantitative estimate of drug-likeness (QED) is 0.305. The lowest BCUT2D eigenvalue weighted by molar-refractivity contribution is -0.0321. The fourth-order valence-corrected chi connectivity index (χ4v) is 2.36. The highest BCUT2D eigenvalue weighted by Gasteiger charge is 2.43. The highest BCUT2D eigenvalue weighted by Crippen LogP contribution is 2.31. The lowest BCUT2D eigenvalue weighted by Crippen LogP contribution is -2.32. The number of nitrogens with two attached hydrogens (primary N) is 1. The number of rotatable bonds is 3. The van der Waals surface area contributed by atoms with Crippen molar-refractivity contribution in [2.24, 2.45) is 5.11 Å². The summed E-state index contributed by atoms with van der Waals surface area (Å²) in [4.78, 5) is 24.5. The first-order valence-corrected chi connectivity index (χ1v) is 6.27. The molecule has 2 unspecified atom stereocenters. The number of aliphatic hydroxyl groups is 2. The van der Waals surface area contributed by atoms with Crippen LogP contribution >= 0.6 is 0 Å². The molecule has 5 N–H and O–H groups in total. The predicted octanol–water partition coefficient (Wildman–Crippen LogP) is -1.37. The van der Waals surface area contributed by atoms with Crippen LogP contribution in [0, 0.1) is 0 Å². The van der Waals surface area contributed by atoms with Gasteiger partial charge in [-0.2, -0.15) is 4.98 Å². The second-order valence-corrected chi connectivity index (χ2v) is 4.73. The van der Waals surface area contributed by atoms with Gasteiger partial charge in [-0.3, -0.25) is 14.3 Å². The number of azide groups is 1. The van der Waals surface area contributed by atoms with E-state index >= 15 is 0 Å². The number of H-pyrrole nitrogens is 1. The van der Waals surface area contributed by atoms with Gasteiger partial charge in [-0.15, -0.1) is 0 Å². The Bertz CT molecular complexity index is 809. The summed E-state index contributed by atoms with van der Waals surface area (Å²) in [5, 5.41) is 23.3. The van der Waals surface area contributed by atoms with Crippen LogP contribution in [0.3, 0.4) is 0 Å². The Morgan fingerprint density at radius 1 is 1.55 bits per heavy atom. The number of imidazole rings is 1.